The zero-order valence-electron chi connectivity index (χ0n) is 19.0. The van der Waals surface area contributed by atoms with Crippen LogP contribution >= 0.6 is 0 Å². The summed E-state index contributed by atoms with van der Waals surface area (Å²) in [5.74, 6) is 6.00. The van der Waals surface area contributed by atoms with Crippen LogP contribution in [0.5, 0.6) is 0 Å². The van der Waals surface area contributed by atoms with Gasteiger partial charge in [-0.3, -0.25) is 4.79 Å². The van der Waals surface area contributed by atoms with Crippen molar-refractivity contribution in [3.05, 3.63) is 119 Å². The maximum Gasteiger partial charge on any atom is 0.333 e. The van der Waals surface area contributed by atoms with Gasteiger partial charge in [0.1, 0.15) is 6.61 Å². The van der Waals surface area contributed by atoms with Gasteiger partial charge in [-0.1, -0.05) is 73.5 Å². The molecular formula is C30H26O3. The van der Waals surface area contributed by atoms with Crippen molar-refractivity contribution in [1.82, 2.24) is 0 Å². The SMILES string of the molecule is C=C(C)C(=O)Cc1ccc(C#Cc2ccc(-c3ccc(COC(=O)C(=C)C)cc3)cc2)cc1. The average molecular weight is 435 g/mol. The summed E-state index contributed by atoms with van der Waals surface area (Å²) in [6.45, 7) is 10.9. The molecule has 0 N–H and O–H groups in total. The second kappa shape index (κ2) is 10.9. The Kier molecular flexibility index (Phi) is 7.78. The van der Waals surface area contributed by atoms with E-state index < -0.39 is 0 Å². The van der Waals surface area contributed by atoms with Gasteiger partial charge >= 0.3 is 5.97 Å². The van der Waals surface area contributed by atoms with E-state index >= 15 is 0 Å². The summed E-state index contributed by atoms with van der Waals surface area (Å²) < 4.78 is 5.17. The van der Waals surface area contributed by atoms with Crippen LogP contribution < -0.4 is 0 Å². The van der Waals surface area contributed by atoms with Gasteiger partial charge in [0.2, 0.25) is 0 Å². The summed E-state index contributed by atoms with van der Waals surface area (Å²) in [4.78, 5) is 23.3. The van der Waals surface area contributed by atoms with Gasteiger partial charge in [0.25, 0.3) is 0 Å². The van der Waals surface area contributed by atoms with E-state index in [1.165, 1.54) is 0 Å². The van der Waals surface area contributed by atoms with E-state index in [0.29, 0.717) is 17.6 Å². The zero-order valence-corrected chi connectivity index (χ0v) is 19.0. The molecule has 0 bridgehead atoms. The highest BCUT2D eigenvalue weighted by Gasteiger charge is 2.05. The van der Waals surface area contributed by atoms with Crippen LogP contribution in [0, 0.1) is 11.8 Å². The molecule has 0 aliphatic rings. The minimum absolute atomic E-state index is 0.0507. The third-order valence-corrected chi connectivity index (χ3v) is 5.04. The summed E-state index contributed by atoms with van der Waals surface area (Å²) >= 11 is 0. The Bertz CT molecular complexity index is 1230. The molecule has 3 heteroatoms. The number of benzene rings is 3. The smallest absolute Gasteiger partial charge is 0.333 e. The van der Waals surface area contributed by atoms with E-state index in [-0.39, 0.29) is 18.4 Å². The summed E-state index contributed by atoms with van der Waals surface area (Å²) in [7, 11) is 0. The quantitative estimate of drug-likeness (QED) is 0.258. The van der Waals surface area contributed by atoms with Crippen LogP contribution in [0.2, 0.25) is 0 Å². The van der Waals surface area contributed by atoms with Gasteiger partial charge in [0.15, 0.2) is 5.78 Å². The molecule has 0 unspecified atom stereocenters. The summed E-state index contributed by atoms with van der Waals surface area (Å²) in [5, 5.41) is 0. The molecule has 0 amide bonds. The summed E-state index contributed by atoms with van der Waals surface area (Å²) in [6, 6.07) is 23.7. The van der Waals surface area contributed by atoms with Crippen LogP contribution in [0.1, 0.15) is 36.1 Å². The maximum absolute atomic E-state index is 11.8. The molecule has 0 fully saturated rings. The predicted octanol–water partition coefficient (Wildman–Crippen LogP) is 6.06. The first-order valence-electron chi connectivity index (χ1n) is 10.6. The Balaban J connectivity index is 1.61. The van der Waals surface area contributed by atoms with E-state index in [9.17, 15) is 9.59 Å². The van der Waals surface area contributed by atoms with Gasteiger partial charge in [0.05, 0.1) is 0 Å². The number of rotatable bonds is 7. The van der Waals surface area contributed by atoms with Crippen molar-refractivity contribution in [1.29, 1.82) is 0 Å². The monoisotopic (exact) mass is 434 g/mol. The number of ketones is 1. The van der Waals surface area contributed by atoms with E-state index in [2.05, 4.69) is 25.0 Å². The molecule has 3 rings (SSSR count). The first kappa shape index (κ1) is 23.5. The fraction of sp³-hybridized carbons (Fsp3) is 0.133. The molecule has 3 nitrogen and oxygen atoms in total. The highest BCUT2D eigenvalue weighted by atomic mass is 16.5. The van der Waals surface area contributed by atoms with Crippen LogP contribution in [-0.2, 0) is 27.4 Å². The summed E-state index contributed by atoms with van der Waals surface area (Å²) in [6.07, 6.45) is 0.366. The number of carbonyl (C=O) groups is 2. The molecule has 33 heavy (non-hydrogen) atoms. The van der Waals surface area contributed by atoms with Gasteiger partial charge in [-0.05, 0) is 65.9 Å². The predicted molar refractivity (Wildman–Crippen MR) is 132 cm³/mol. The van der Waals surface area contributed by atoms with Crippen LogP contribution in [0.4, 0.5) is 0 Å². The van der Waals surface area contributed by atoms with E-state index in [4.69, 9.17) is 4.74 Å². The maximum atomic E-state index is 11.8. The normalized spacial score (nSPS) is 10.0. The van der Waals surface area contributed by atoms with Gasteiger partial charge < -0.3 is 4.74 Å². The molecule has 0 saturated carbocycles. The Morgan fingerprint density at radius 2 is 1.15 bits per heavy atom. The van der Waals surface area contributed by atoms with Crippen molar-refractivity contribution in [2.45, 2.75) is 26.9 Å². The number of esters is 1. The van der Waals surface area contributed by atoms with Gasteiger partial charge in [-0.15, -0.1) is 0 Å². The number of allylic oxidation sites excluding steroid dienone is 1. The molecule has 0 atom stereocenters. The van der Waals surface area contributed by atoms with Gasteiger partial charge in [-0.2, -0.15) is 0 Å². The fourth-order valence-electron chi connectivity index (χ4n) is 3.00. The highest BCUT2D eigenvalue weighted by molar-refractivity contribution is 5.95. The van der Waals surface area contributed by atoms with Crippen LogP contribution in [0.15, 0.2) is 97.1 Å². The van der Waals surface area contributed by atoms with Crippen molar-refractivity contribution < 1.29 is 14.3 Å². The average Bonchev–Trinajstić information content (AvgIpc) is 2.82. The van der Waals surface area contributed by atoms with Gasteiger partial charge in [0, 0.05) is 23.1 Å². The lowest BCUT2D eigenvalue weighted by Crippen LogP contribution is -2.04. The molecule has 3 aromatic carbocycles. The van der Waals surface area contributed by atoms with Crippen molar-refractivity contribution in [3.8, 4) is 23.0 Å². The first-order chi connectivity index (χ1) is 15.8. The lowest BCUT2D eigenvalue weighted by molar-refractivity contribution is -0.140. The Labute approximate surface area is 195 Å². The molecule has 0 spiro atoms. The molecule has 164 valence electrons. The lowest BCUT2D eigenvalue weighted by atomic mass is 10.0. The second-order valence-corrected chi connectivity index (χ2v) is 7.96. The summed E-state index contributed by atoms with van der Waals surface area (Å²) in [5.41, 5.74) is 6.81. The Morgan fingerprint density at radius 3 is 1.64 bits per heavy atom. The molecule has 0 aromatic heterocycles. The zero-order chi connectivity index (χ0) is 23.8. The molecular weight excluding hydrogens is 408 g/mol. The van der Waals surface area contributed by atoms with Crippen molar-refractivity contribution in [3.63, 3.8) is 0 Å². The van der Waals surface area contributed by atoms with Crippen molar-refractivity contribution in [2.75, 3.05) is 0 Å². The standard InChI is InChI=1S/C30H26O3/c1-21(2)29(31)19-25-9-7-23(8-10-25)5-6-24-11-15-27(16-12-24)28-17-13-26(14-18-28)20-33-30(32)22(3)4/h7-18H,1,3,19-20H2,2,4H3. The number of Topliss-reactive ketones (excluding diaryl/α,β-unsaturated/α-hetero) is 1. The highest BCUT2D eigenvalue weighted by Crippen LogP contribution is 2.21. The number of carbonyl (C=O) groups excluding carboxylic acids is 2. The van der Waals surface area contributed by atoms with Crippen molar-refractivity contribution in [2.24, 2.45) is 0 Å². The molecule has 0 saturated heterocycles. The Hall–Kier alpha value is -4.16. The van der Waals surface area contributed by atoms with E-state index in [1.807, 2.05) is 72.8 Å². The third kappa shape index (κ3) is 6.92. The lowest BCUT2D eigenvalue weighted by Gasteiger charge is -2.06. The molecule has 0 heterocycles. The third-order valence-electron chi connectivity index (χ3n) is 5.04. The molecule has 0 aliphatic heterocycles. The molecule has 3 aromatic rings. The first-order valence-corrected chi connectivity index (χ1v) is 10.6. The van der Waals surface area contributed by atoms with Crippen LogP contribution in [0.25, 0.3) is 11.1 Å². The number of hydrogen-bond acceptors (Lipinski definition) is 3. The minimum Gasteiger partial charge on any atom is -0.457 e. The van der Waals surface area contributed by atoms with Gasteiger partial charge in [-0.25, -0.2) is 4.79 Å². The molecule has 0 aliphatic carbocycles. The minimum atomic E-state index is -0.385. The Morgan fingerprint density at radius 1 is 0.697 bits per heavy atom. The fourth-order valence-corrected chi connectivity index (χ4v) is 3.00. The molecule has 0 radical (unpaired) electrons. The van der Waals surface area contributed by atoms with E-state index in [1.54, 1.807) is 13.8 Å². The van der Waals surface area contributed by atoms with Crippen LogP contribution in [0.3, 0.4) is 0 Å². The van der Waals surface area contributed by atoms with Crippen molar-refractivity contribution >= 4 is 11.8 Å². The van der Waals surface area contributed by atoms with Crippen LogP contribution in [-0.4, -0.2) is 11.8 Å². The number of ether oxygens (including phenoxy) is 1. The van der Waals surface area contributed by atoms with E-state index in [0.717, 1.165) is 33.4 Å². The number of hydrogen-bond donors (Lipinski definition) is 0. The second-order valence-electron chi connectivity index (χ2n) is 7.96. The largest absolute Gasteiger partial charge is 0.457 e. The topological polar surface area (TPSA) is 43.4 Å².